The highest BCUT2D eigenvalue weighted by Crippen LogP contribution is 2.20. The van der Waals surface area contributed by atoms with Crippen LogP contribution in [-0.2, 0) is 0 Å². The molecule has 1 aromatic carbocycles. The van der Waals surface area contributed by atoms with Crippen LogP contribution < -0.4 is 5.32 Å². The van der Waals surface area contributed by atoms with Gasteiger partial charge in [0.25, 0.3) is 5.91 Å². The van der Waals surface area contributed by atoms with E-state index in [9.17, 15) is 4.79 Å². The lowest BCUT2D eigenvalue weighted by atomic mass is 10.2. The summed E-state index contributed by atoms with van der Waals surface area (Å²) in [5.74, 6) is -0.331. The zero-order valence-corrected chi connectivity index (χ0v) is 11.7. The van der Waals surface area contributed by atoms with Crippen molar-refractivity contribution in [1.29, 1.82) is 5.26 Å². The highest BCUT2D eigenvalue weighted by molar-refractivity contribution is 9.10. The van der Waals surface area contributed by atoms with Crippen LogP contribution in [0.3, 0.4) is 0 Å². The maximum absolute atomic E-state index is 12.0. The summed E-state index contributed by atoms with van der Waals surface area (Å²) >= 11 is 3.37. The van der Waals surface area contributed by atoms with Gasteiger partial charge >= 0.3 is 0 Å². The number of aromatic nitrogens is 1. The number of benzene rings is 1. The van der Waals surface area contributed by atoms with Crippen LogP contribution in [0.4, 0.5) is 5.69 Å². The lowest BCUT2D eigenvalue weighted by Gasteiger charge is -2.08. The molecule has 0 bridgehead atoms. The van der Waals surface area contributed by atoms with Crippen LogP contribution in [0.5, 0.6) is 0 Å². The second kappa shape index (κ2) is 5.63. The predicted octanol–water partition coefficient (Wildman–Crippen LogP) is 3.28. The first-order chi connectivity index (χ1) is 9.10. The van der Waals surface area contributed by atoms with Gasteiger partial charge in [0.1, 0.15) is 5.69 Å². The molecule has 4 nitrogen and oxygen atoms in total. The Morgan fingerprint density at radius 2 is 2.16 bits per heavy atom. The Kier molecular flexibility index (Phi) is 3.93. The van der Waals surface area contributed by atoms with Gasteiger partial charge in [0.15, 0.2) is 0 Å². The van der Waals surface area contributed by atoms with Crippen LogP contribution in [0.2, 0.25) is 0 Å². The van der Waals surface area contributed by atoms with E-state index in [0.29, 0.717) is 5.56 Å². The zero-order chi connectivity index (χ0) is 13.8. The van der Waals surface area contributed by atoms with Gasteiger partial charge in [-0.05, 0) is 42.8 Å². The summed E-state index contributed by atoms with van der Waals surface area (Å²) in [6.45, 7) is 1.90. The number of aryl methyl sites for hydroxylation is 1. The molecule has 0 saturated carbocycles. The van der Waals surface area contributed by atoms with Gasteiger partial charge < -0.3 is 5.32 Å². The Hall–Kier alpha value is -2.19. The van der Waals surface area contributed by atoms with Crippen LogP contribution in [0.15, 0.2) is 41.0 Å². The quantitative estimate of drug-likeness (QED) is 0.924. The van der Waals surface area contributed by atoms with Crippen molar-refractivity contribution in [2.75, 3.05) is 5.32 Å². The zero-order valence-electron chi connectivity index (χ0n) is 10.1. The topological polar surface area (TPSA) is 65.8 Å². The first kappa shape index (κ1) is 13.2. The molecule has 2 rings (SSSR count). The SMILES string of the molecule is Cc1cc(Br)ccc1NC(=O)c1cc(C#N)ccn1. The van der Waals surface area contributed by atoms with Crippen molar-refractivity contribution in [3.8, 4) is 6.07 Å². The highest BCUT2D eigenvalue weighted by atomic mass is 79.9. The number of hydrogen-bond acceptors (Lipinski definition) is 3. The maximum Gasteiger partial charge on any atom is 0.274 e. The number of nitriles is 1. The van der Waals surface area contributed by atoms with Crippen molar-refractivity contribution in [2.45, 2.75) is 6.92 Å². The molecule has 94 valence electrons. The molecule has 0 aliphatic rings. The molecule has 19 heavy (non-hydrogen) atoms. The fraction of sp³-hybridized carbons (Fsp3) is 0.0714. The molecule has 0 unspecified atom stereocenters. The minimum absolute atomic E-state index is 0.223. The normalized spacial score (nSPS) is 9.74. The summed E-state index contributed by atoms with van der Waals surface area (Å²) in [6, 6.07) is 10.6. The average molecular weight is 316 g/mol. The number of halogens is 1. The summed E-state index contributed by atoms with van der Waals surface area (Å²) in [5.41, 5.74) is 2.30. The number of nitrogens with zero attached hydrogens (tertiary/aromatic N) is 2. The summed E-state index contributed by atoms with van der Waals surface area (Å²) in [7, 11) is 0. The lowest BCUT2D eigenvalue weighted by molar-refractivity contribution is 0.102. The Morgan fingerprint density at radius 1 is 1.37 bits per heavy atom. The number of hydrogen-bond donors (Lipinski definition) is 1. The Balaban J connectivity index is 2.23. The van der Waals surface area contributed by atoms with E-state index in [0.717, 1.165) is 15.7 Å². The van der Waals surface area contributed by atoms with Crippen LogP contribution in [0.25, 0.3) is 0 Å². The molecule has 0 spiro atoms. The third-order valence-corrected chi connectivity index (χ3v) is 3.05. The van der Waals surface area contributed by atoms with Crippen molar-refractivity contribution in [3.05, 3.63) is 57.8 Å². The first-order valence-corrected chi connectivity index (χ1v) is 6.33. The van der Waals surface area contributed by atoms with E-state index >= 15 is 0 Å². The molecule has 0 atom stereocenters. The van der Waals surface area contributed by atoms with Gasteiger partial charge in [-0.1, -0.05) is 15.9 Å². The van der Waals surface area contributed by atoms with Gasteiger partial charge in [-0.25, -0.2) is 0 Å². The third-order valence-electron chi connectivity index (χ3n) is 2.56. The summed E-state index contributed by atoms with van der Waals surface area (Å²) in [6.07, 6.45) is 1.45. The molecule has 1 amide bonds. The van der Waals surface area contributed by atoms with Crippen LogP contribution in [0.1, 0.15) is 21.6 Å². The fourth-order valence-corrected chi connectivity index (χ4v) is 2.05. The molecule has 0 aliphatic carbocycles. The molecule has 5 heteroatoms. The maximum atomic E-state index is 12.0. The summed E-state index contributed by atoms with van der Waals surface area (Å²) < 4.78 is 0.951. The molecule has 1 aromatic heterocycles. The molecule has 1 N–H and O–H groups in total. The van der Waals surface area contributed by atoms with Gasteiger partial charge in [0.05, 0.1) is 11.6 Å². The molecule has 0 fully saturated rings. The number of carbonyl (C=O) groups is 1. The molecular formula is C14H10BrN3O. The van der Waals surface area contributed by atoms with Gasteiger partial charge in [-0.15, -0.1) is 0 Å². The van der Waals surface area contributed by atoms with E-state index in [-0.39, 0.29) is 11.6 Å². The van der Waals surface area contributed by atoms with Gasteiger partial charge in [-0.3, -0.25) is 9.78 Å². The molecule has 0 radical (unpaired) electrons. The standard InChI is InChI=1S/C14H10BrN3O/c1-9-6-11(15)2-3-12(9)18-14(19)13-7-10(8-16)4-5-17-13/h2-7H,1H3,(H,18,19). The smallest absolute Gasteiger partial charge is 0.274 e. The molecule has 2 aromatic rings. The number of pyridine rings is 1. The Morgan fingerprint density at radius 3 is 2.84 bits per heavy atom. The summed E-state index contributed by atoms with van der Waals surface area (Å²) in [4.78, 5) is 16.0. The number of nitrogens with one attached hydrogen (secondary N) is 1. The van der Waals surface area contributed by atoms with E-state index < -0.39 is 0 Å². The number of amides is 1. The Bertz CT molecular complexity index is 677. The van der Waals surface area contributed by atoms with E-state index in [1.165, 1.54) is 12.3 Å². The molecule has 1 heterocycles. The van der Waals surface area contributed by atoms with Gasteiger partial charge in [-0.2, -0.15) is 5.26 Å². The fourth-order valence-electron chi connectivity index (χ4n) is 1.58. The van der Waals surface area contributed by atoms with Crippen LogP contribution in [-0.4, -0.2) is 10.9 Å². The number of anilines is 1. The third kappa shape index (κ3) is 3.18. The second-order valence-corrected chi connectivity index (χ2v) is 4.87. The number of rotatable bonds is 2. The highest BCUT2D eigenvalue weighted by Gasteiger charge is 2.09. The van der Waals surface area contributed by atoms with E-state index in [4.69, 9.17) is 5.26 Å². The lowest BCUT2D eigenvalue weighted by Crippen LogP contribution is -2.14. The van der Waals surface area contributed by atoms with Gasteiger partial charge in [0.2, 0.25) is 0 Å². The minimum atomic E-state index is -0.331. The van der Waals surface area contributed by atoms with E-state index in [1.807, 2.05) is 31.2 Å². The number of carbonyl (C=O) groups excluding carboxylic acids is 1. The summed E-state index contributed by atoms with van der Waals surface area (Å²) in [5, 5.41) is 11.6. The van der Waals surface area contributed by atoms with Crippen molar-refractivity contribution >= 4 is 27.5 Å². The molecule has 0 saturated heterocycles. The molecule has 0 aliphatic heterocycles. The molecular weight excluding hydrogens is 306 g/mol. The monoisotopic (exact) mass is 315 g/mol. The van der Waals surface area contributed by atoms with Gasteiger partial charge in [0, 0.05) is 16.4 Å². The van der Waals surface area contributed by atoms with Crippen LogP contribution >= 0.6 is 15.9 Å². The average Bonchev–Trinajstić information content (AvgIpc) is 2.42. The first-order valence-electron chi connectivity index (χ1n) is 5.54. The second-order valence-electron chi connectivity index (χ2n) is 3.95. The van der Waals surface area contributed by atoms with Crippen molar-refractivity contribution < 1.29 is 4.79 Å². The van der Waals surface area contributed by atoms with E-state index in [2.05, 4.69) is 26.2 Å². The van der Waals surface area contributed by atoms with E-state index in [1.54, 1.807) is 6.07 Å². The largest absolute Gasteiger partial charge is 0.320 e. The van der Waals surface area contributed by atoms with Crippen molar-refractivity contribution in [3.63, 3.8) is 0 Å². The minimum Gasteiger partial charge on any atom is -0.320 e. The van der Waals surface area contributed by atoms with Crippen molar-refractivity contribution in [2.24, 2.45) is 0 Å². The van der Waals surface area contributed by atoms with Crippen molar-refractivity contribution in [1.82, 2.24) is 4.98 Å². The Labute approximate surface area is 119 Å². The predicted molar refractivity (Wildman–Crippen MR) is 75.8 cm³/mol. The van der Waals surface area contributed by atoms with Crippen LogP contribution in [0, 0.1) is 18.3 Å².